The fourth-order valence-electron chi connectivity index (χ4n) is 2.18. The monoisotopic (exact) mass is 321 g/mol. The lowest BCUT2D eigenvalue weighted by molar-refractivity contribution is 0.145. The van der Waals surface area contributed by atoms with E-state index < -0.39 is 0 Å². The van der Waals surface area contributed by atoms with Gasteiger partial charge in [0.15, 0.2) is 5.96 Å². The molecule has 0 amide bonds. The number of nitrogens with one attached hydrogen (secondary N) is 2. The van der Waals surface area contributed by atoms with Gasteiger partial charge in [0.1, 0.15) is 0 Å². The molecule has 0 spiro atoms. The van der Waals surface area contributed by atoms with Crippen LogP contribution in [0.3, 0.4) is 0 Å². The first-order chi connectivity index (χ1) is 10.8. The zero-order valence-electron chi connectivity index (χ0n) is 13.6. The minimum atomic E-state index is 0.338. The summed E-state index contributed by atoms with van der Waals surface area (Å²) in [5.74, 6) is 0.886. The van der Waals surface area contributed by atoms with E-state index in [0.717, 1.165) is 38.7 Å². The number of rotatable bonds is 9. The topological polar surface area (TPSA) is 45.6 Å². The molecule has 5 heteroatoms. The number of thioether (sulfide) groups is 1. The van der Waals surface area contributed by atoms with Crippen molar-refractivity contribution in [1.29, 1.82) is 0 Å². The van der Waals surface area contributed by atoms with E-state index in [1.807, 2.05) is 25.7 Å². The number of ether oxygens (including phenoxy) is 1. The van der Waals surface area contributed by atoms with Gasteiger partial charge in [0.25, 0.3) is 0 Å². The molecule has 1 aromatic carbocycles. The van der Waals surface area contributed by atoms with Crippen molar-refractivity contribution < 1.29 is 4.74 Å². The lowest BCUT2D eigenvalue weighted by Crippen LogP contribution is -2.41. The molecule has 1 saturated carbocycles. The summed E-state index contributed by atoms with van der Waals surface area (Å²) in [5, 5.41) is 6.80. The van der Waals surface area contributed by atoms with Gasteiger partial charge in [-0.05, 0) is 38.3 Å². The maximum absolute atomic E-state index is 5.34. The van der Waals surface area contributed by atoms with Crippen LogP contribution < -0.4 is 10.6 Å². The summed E-state index contributed by atoms with van der Waals surface area (Å²) in [7, 11) is 1.82. The lowest BCUT2D eigenvalue weighted by atomic mass is 10.4. The van der Waals surface area contributed by atoms with Crippen LogP contribution in [0, 0.1) is 0 Å². The number of hydrogen-bond acceptors (Lipinski definition) is 3. The molecule has 2 rings (SSSR count). The van der Waals surface area contributed by atoms with E-state index in [1.54, 1.807) is 0 Å². The Hall–Kier alpha value is -1.20. The highest BCUT2D eigenvalue weighted by Gasteiger charge is 2.43. The lowest BCUT2D eigenvalue weighted by Gasteiger charge is -2.18. The molecule has 0 aliphatic heterocycles. The number of nitrogens with zero attached hydrogens (tertiary/aromatic N) is 1. The molecule has 0 saturated heterocycles. The van der Waals surface area contributed by atoms with Crippen LogP contribution in [0.5, 0.6) is 0 Å². The first kappa shape index (κ1) is 17.2. The smallest absolute Gasteiger partial charge is 0.191 e. The van der Waals surface area contributed by atoms with Crippen molar-refractivity contribution in [2.24, 2.45) is 4.99 Å². The zero-order chi connectivity index (χ0) is 15.7. The number of aliphatic imine (C=N–C) groups is 1. The second kappa shape index (κ2) is 9.06. The molecule has 0 radical (unpaired) electrons. The summed E-state index contributed by atoms with van der Waals surface area (Å²) < 4.78 is 5.67. The quantitative estimate of drug-likeness (QED) is 0.417. The van der Waals surface area contributed by atoms with Gasteiger partial charge in [-0.15, -0.1) is 11.8 Å². The van der Waals surface area contributed by atoms with Gasteiger partial charge >= 0.3 is 0 Å². The average Bonchev–Trinajstić information content (AvgIpc) is 3.31. The molecule has 1 aromatic rings. The Morgan fingerprint density at radius 2 is 2.05 bits per heavy atom. The summed E-state index contributed by atoms with van der Waals surface area (Å²) in [6.45, 7) is 5.45. The maximum atomic E-state index is 5.34. The molecule has 2 N–H and O–H groups in total. The van der Waals surface area contributed by atoms with Crippen LogP contribution in [0.25, 0.3) is 0 Å². The van der Waals surface area contributed by atoms with Crippen molar-refractivity contribution in [3.63, 3.8) is 0 Å². The molecule has 0 unspecified atom stereocenters. The second-order valence-electron chi connectivity index (χ2n) is 5.50. The minimum absolute atomic E-state index is 0.338. The third-order valence-electron chi connectivity index (χ3n) is 3.65. The summed E-state index contributed by atoms with van der Waals surface area (Å²) in [5.41, 5.74) is 0. The van der Waals surface area contributed by atoms with Crippen LogP contribution in [0.4, 0.5) is 0 Å². The van der Waals surface area contributed by atoms with Gasteiger partial charge in [-0.2, -0.15) is 0 Å². The molecule has 1 aliphatic rings. The highest BCUT2D eigenvalue weighted by molar-refractivity contribution is 8.01. The van der Waals surface area contributed by atoms with Crippen LogP contribution in [-0.4, -0.2) is 44.1 Å². The first-order valence-electron chi connectivity index (χ1n) is 8.04. The minimum Gasteiger partial charge on any atom is -0.382 e. The first-order valence-corrected chi connectivity index (χ1v) is 8.86. The van der Waals surface area contributed by atoms with Gasteiger partial charge < -0.3 is 15.4 Å². The molecular weight excluding hydrogens is 294 g/mol. The number of benzene rings is 1. The molecule has 0 atom stereocenters. The van der Waals surface area contributed by atoms with E-state index >= 15 is 0 Å². The van der Waals surface area contributed by atoms with Gasteiger partial charge in [-0.25, -0.2) is 0 Å². The fourth-order valence-corrected chi connectivity index (χ4v) is 3.43. The predicted molar refractivity (Wildman–Crippen MR) is 94.7 cm³/mol. The van der Waals surface area contributed by atoms with Crippen LogP contribution in [0.15, 0.2) is 40.2 Å². The van der Waals surface area contributed by atoms with E-state index in [9.17, 15) is 0 Å². The summed E-state index contributed by atoms with van der Waals surface area (Å²) in [6.07, 6.45) is 3.53. The van der Waals surface area contributed by atoms with E-state index in [2.05, 4.69) is 46.0 Å². The molecule has 22 heavy (non-hydrogen) atoms. The SMILES string of the molecule is CCOCCCNC(=NC)NCC1(Sc2ccccc2)CC1. The Kier molecular flexibility index (Phi) is 7.06. The van der Waals surface area contributed by atoms with Crippen molar-refractivity contribution >= 4 is 17.7 Å². The highest BCUT2D eigenvalue weighted by atomic mass is 32.2. The Morgan fingerprint density at radius 3 is 2.68 bits per heavy atom. The Morgan fingerprint density at radius 1 is 1.27 bits per heavy atom. The third-order valence-corrected chi connectivity index (χ3v) is 5.14. The van der Waals surface area contributed by atoms with Crippen LogP contribution >= 0.6 is 11.8 Å². The molecule has 1 aliphatic carbocycles. The van der Waals surface area contributed by atoms with Crippen molar-refractivity contribution in [1.82, 2.24) is 10.6 Å². The molecule has 1 fully saturated rings. The second-order valence-corrected chi connectivity index (χ2v) is 7.04. The maximum Gasteiger partial charge on any atom is 0.191 e. The normalized spacial score (nSPS) is 16.4. The standard InChI is InChI=1S/C17H27N3OS/c1-3-21-13-7-12-19-16(18-2)20-14-17(10-11-17)22-15-8-5-4-6-9-15/h4-6,8-9H,3,7,10-14H2,1-2H3,(H2,18,19,20). The van der Waals surface area contributed by atoms with Crippen LogP contribution in [0.1, 0.15) is 26.2 Å². The Labute approximate surface area is 138 Å². The van der Waals surface area contributed by atoms with E-state index in [0.29, 0.717) is 4.75 Å². The van der Waals surface area contributed by atoms with Crippen molar-refractivity contribution in [3.05, 3.63) is 30.3 Å². The third kappa shape index (κ3) is 5.89. The van der Waals surface area contributed by atoms with E-state index in [1.165, 1.54) is 17.7 Å². The van der Waals surface area contributed by atoms with Crippen molar-refractivity contribution in [3.8, 4) is 0 Å². The predicted octanol–water partition coefficient (Wildman–Crippen LogP) is 2.90. The highest BCUT2D eigenvalue weighted by Crippen LogP contribution is 2.51. The molecule has 4 nitrogen and oxygen atoms in total. The molecule has 0 bridgehead atoms. The number of guanidine groups is 1. The molecule has 0 aromatic heterocycles. The van der Waals surface area contributed by atoms with Crippen LogP contribution in [0.2, 0.25) is 0 Å². The fraction of sp³-hybridized carbons (Fsp3) is 0.588. The molecular formula is C17H27N3OS. The largest absolute Gasteiger partial charge is 0.382 e. The van der Waals surface area contributed by atoms with Gasteiger partial charge in [-0.3, -0.25) is 4.99 Å². The van der Waals surface area contributed by atoms with Crippen LogP contribution in [-0.2, 0) is 4.74 Å². The average molecular weight is 321 g/mol. The van der Waals surface area contributed by atoms with Gasteiger partial charge in [-0.1, -0.05) is 18.2 Å². The Bertz CT molecular complexity index is 460. The van der Waals surface area contributed by atoms with Gasteiger partial charge in [0.05, 0.1) is 0 Å². The summed E-state index contributed by atoms with van der Waals surface area (Å²) in [4.78, 5) is 5.64. The van der Waals surface area contributed by atoms with Gasteiger partial charge in [0, 0.05) is 43.0 Å². The summed E-state index contributed by atoms with van der Waals surface area (Å²) in [6, 6.07) is 10.6. The van der Waals surface area contributed by atoms with Crippen molar-refractivity contribution in [2.45, 2.75) is 35.8 Å². The van der Waals surface area contributed by atoms with E-state index in [4.69, 9.17) is 4.74 Å². The van der Waals surface area contributed by atoms with Gasteiger partial charge in [0.2, 0.25) is 0 Å². The van der Waals surface area contributed by atoms with Crippen molar-refractivity contribution in [2.75, 3.05) is 33.4 Å². The zero-order valence-corrected chi connectivity index (χ0v) is 14.4. The molecule has 122 valence electrons. The molecule has 0 heterocycles. The summed E-state index contributed by atoms with van der Waals surface area (Å²) >= 11 is 1.98. The van der Waals surface area contributed by atoms with E-state index in [-0.39, 0.29) is 0 Å². The number of hydrogen-bond donors (Lipinski definition) is 2. The Balaban J connectivity index is 1.69.